The smallest absolute Gasteiger partial charge is 0.351 e. The van der Waals surface area contributed by atoms with Gasteiger partial charge >= 0.3 is 18.7 Å². The molecule has 0 aliphatic rings. The van der Waals surface area contributed by atoms with Crippen LogP contribution in [0.5, 0.6) is 0 Å². The highest BCUT2D eigenvalue weighted by Crippen LogP contribution is 1.87. The van der Waals surface area contributed by atoms with Crippen LogP contribution < -0.4 is 16.8 Å². The van der Waals surface area contributed by atoms with Crippen LogP contribution in [0.4, 0.5) is 22.8 Å². The molecule has 0 rings (SSSR count). The van der Waals surface area contributed by atoms with E-state index in [4.69, 9.17) is 0 Å². The van der Waals surface area contributed by atoms with Crippen LogP contribution >= 0.6 is 0 Å². The Morgan fingerprint density at radius 1 is 1.09 bits per heavy atom. The van der Waals surface area contributed by atoms with Crippen LogP contribution in [0, 0.1) is 0 Å². The Morgan fingerprint density at radius 2 is 1.27 bits per heavy atom. The van der Waals surface area contributed by atoms with E-state index in [1.165, 1.54) is 0 Å². The van der Waals surface area contributed by atoms with E-state index in [0.717, 1.165) is 0 Å². The van der Waals surface area contributed by atoms with E-state index in [2.05, 4.69) is 11.5 Å². The van der Waals surface area contributed by atoms with Crippen molar-refractivity contribution in [1.29, 1.82) is 0 Å². The van der Waals surface area contributed by atoms with E-state index in [1.54, 1.807) is 5.32 Å². The molecule has 0 saturated heterocycles. The SMILES string of the molecule is FC(F)F.NC(=O)NC(N)=O. The second-order valence-corrected chi connectivity index (χ2v) is 1.10. The van der Waals surface area contributed by atoms with Gasteiger partial charge in [0.25, 0.3) is 0 Å². The van der Waals surface area contributed by atoms with Gasteiger partial charge in [-0.05, 0) is 0 Å². The number of rotatable bonds is 0. The molecular weight excluding hydrogens is 167 g/mol. The minimum absolute atomic E-state index is 0.937. The summed E-state index contributed by atoms with van der Waals surface area (Å²) in [5, 5.41) is 1.58. The van der Waals surface area contributed by atoms with E-state index in [9.17, 15) is 22.8 Å². The van der Waals surface area contributed by atoms with Gasteiger partial charge in [-0.15, -0.1) is 0 Å². The fourth-order valence-corrected chi connectivity index (χ4v) is 0.121. The summed E-state index contributed by atoms with van der Waals surface area (Å²) in [5.74, 6) is 0. The molecule has 0 bridgehead atoms. The summed E-state index contributed by atoms with van der Waals surface area (Å²) in [7, 11) is 0. The quantitative estimate of drug-likeness (QED) is 0.477. The van der Waals surface area contributed by atoms with Gasteiger partial charge in [0.1, 0.15) is 0 Å². The molecule has 66 valence electrons. The molecule has 0 unspecified atom stereocenters. The number of imide groups is 1. The summed E-state index contributed by atoms with van der Waals surface area (Å²) in [6.45, 7) is -3.67. The Balaban J connectivity index is 0. The number of carbonyl (C=O) groups is 2. The van der Waals surface area contributed by atoms with Crippen LogP contribution in [0.15, 0.2) is 0 Å². The molecule has 0 spiro atoms. The van der Waals surface area contributed by atoms with Crippen LogP contribution in [0.3, 0.4) is 0 Å². The molecule has 0 atom stereocenters. The molecule has 4 amide bonds. The molecule has 0 aromatic carbocycles. The van der Waals surface area contributed by atoms with Gasteiger partial charge in [-0.1, -0.05) is 0 Å². The highest BCUT2D eigenvalue weighted by Gasteiger charge is 1.92. The largest absolute Gasteiger partial charge is 0.379 e. The maximum Gasteiger partial charge on any atom is 0.379 e. The average molecular weight is 173 g/mol. The standard InChI is InChI=1S/C2H5N3O2.CHF3/c3-1(6)5-2(4)7;2-1(3)4/h(H5,3,4,5,6,7);1H. The maximum atomic E-state index is 9.67. The lowest BCUT2D eigenvalue weighted by Gasteiger charge is -1.88. The average Bonchev–Trinajstić information content (AvgIpc) is 1.56. The van der Waals surface area contributed by atoms with E-state index < -0.39 is 18.7 Å². The lowest BCUT2D eigenvalue weighted by molar-refractivity contribution is 0.00819. The summed E-state index contributed by atoms with van der Waals surface area (Å²) >= 11 is 0. The van der Waals surface area contributed by atoms with Crippen molar-refractivity contribution >= 4 is 12.1 Å². The second kappa shape index (κ2) is 6.65. The number of hydrogen-bond acceptors (Lipinski definition) is 2. The van der Waals surface area contributed by atoms with E-state index in [-0.39, 0.29) is 0 Å². The highest BCUT2D eigenvalue weighted by molar-refractivity contribution is 5.91. The Kier molecular flexibility index (Phi) is 7.39. The van der Waals surface area contributed by atoms with Gasteiger partial charge in [0, 0.05) is 0 Å². The topological polar surface area (TPSA) is 98.2 Å². The number of primary amides is 2. The first-order valence-electron chi connectivity index (χ1n) is 2.14. The highest BCUT2D eigenvalue weighted by atomic mass is 19.4. The normalized spacial score (nSPS) is 8.00. The van der Waals surface area contributed by atoms with E-state index in [1.807, 2.05) is 0 Å². The van der Waals surface area contributed by atoms with Crippen molar-refractivity contribution in [2.24, 2.45) is 11.5 Å². The zero-order valence-corrected chi connectivity index (χ0v) is 5.18. The molecule has 0 aliphatic heterocycles. The number of alkyl halides is 3. The first-order valence-corrected chi connectivity index (χ1v) is 2.14. The van der Waals surface area contributed by atoms with Crippen molar-refractivity contribution in [2.45, 2.75) is 6.68 Å². The molecular formula is C3H6F3N3O2. The summed E-state index contributed by atoms with van der Waals surface area (Å²) in [6.07, 6.45) is 0. The molecule has 5 N–H and O–H groups in total. The van der Waals surface area contributed by atoms with Gasteiger partial charge < -0.3 is 11.5 Å². The van der Waals surface area contributed by atoms with Crippen molar-refractivity contribution in [3.63, 3.8) is 0 Å². The van der Waals surface area contributed by atoms with Gasteiger partial charge in [-0.25, -0.2) is 9.59 Å². The van der Waals surface area contributed by atoms with Gasteiger partial charge in [-0.3, -0.25) is 5.32 Å². The first kappa shape index (κ1) is 12.2. The number of carbonyl (C=O) groups excluding carboxylic acids is 2. The number of amides is 4. The second-order valence-electron chi connectivity index (χ2n) is 1.10. The Labute approximate surface area is 59.5 Å². The number of halogens is 3. The van der Waals surface area contributed by atoms with Crippen molar-refractivity contribution in [1.82, 2.24) is 5.32 Å². The Hall–Kier alpha value is -1.47. The monoisotopic (exact) mass is 173 g/mol. The number of nitrogens with two attached hydrogens (primary N) is 2. The van der Waals surface area contributed by atoms with Crippen LogP contribution in [0.25, 0.3) is 0 Å². The fraction of sp³-hybridized carbons (Fsp3) is 0.333. The zero-order valence-electron chi connectivity index (χ0n) is 5.18. The Bertz CT molecular complexity index is 125. The van der Waals surface area contributed by atoms with Crippen LogP contribution in [0.1, 0.15) is 0 Å². The van der Waals surface area contributed by atoms with E-state index >= 15 is 0 Å². The summed E-state index contributed by atoms with van der Waals surface area (Å²) < 4.78 is 29.0. The summed E-state index contributed by atoms with van der Waals surface area (Å²) in [5.41, 5.74) is 8.88. The lowest BCUT2D eigenvalue weighted by atomic mass is 10.9. The third-order valence-electron chi connectivity index (χ3n) is 0.246. The molecule has 0 aliphatic carbocycles. The minimum atomic E-state index is -3.67. The lowest BCUT2D eigenvalue weighted by Crippen LogP contribution is -2.38. The number of nitrogens with one attached hydrogen (secondary N) is 1. The van der Waals surface area contributed by atoms with Crippen molar-refractivity contribution in [2.75, 3.05) is 0 Å². The third kappa shape index (κ3) is 56.8. The van der Waals surface area contributed by atoms with Crippen LogP contribution in [0.2, 0.25) is 0 Å². The zero-order chi connectivity index (χ0) is 9.44. The fourth-order valence-electron chi connectivity index (χ4n) is 0.121. The summed E-state index contributed by atoms with van der Waals surface area (Å²) in [4.78, 5) is 19.2. The van der Waals surface area contributed by atoms with Crippen LogP contribution in [-0.2, 0) is 0 Å². The van der Waals surface area contributed by atoms with Crippen LogP contribution in [-0.4, -0.2) is 18.7 Å². The molecule has 8 heteroatoms. The van der Waals surface area contributed by atoms with E-state index in [0.29, 0.717) is 0 Å². The Morgan fingerprint density at radius 3 is 1.27 bits per heavy atom. The van der Waals surface area contributed by atoms with Gasteiger partial charge in [0.05, 0.1) is 0 Å². The summed E-state index contributed by atoms with van der Waals surface area (Å²) in [6, 6.07) is -1.88. The third-order valence-corrected chi connectivity index (χ3v) is 0.246. The van der Waals surface area contributed by atoms with Gasteiger partial charge in [-0.2, -0.15) is 13.2 Å². The van der Waals surface area contributed by atoms with Crippen molar-refractivity contribution < 1.29 is 22.8 Å². The number of hydrogen-bond donors (Lipinski definition) is 3. The predicted molar refractivity (Wildman–Crippen MR) is 29.4 cm³/mol. The molecule has 5 nitrogen and oxygen atoms in total. The molecule has 11 heavy (non-hydrogen) atoms. The molecule has 0 fully saturated rings. The van der Waals surface area contributed by atoms with Gasteiger partial charge in [0.2, 0.25) is 0 Å². The molecule has 0 aromatic rings. The van der Waals surface area contributed by atoms with Crippen molar-refractivity contribution in [3.8, 4) is 0 Å². The maximum absolute atomic E-state index is 9.67. The number of urea groups is 2. The minimum Gasteiger partial charge on any atom is -0.351 e. The molecule has 0 saturated carbocycles. The van der Waals surface area contributed by atoms with Gasteiger partial charge in [0.15, 0.2) is 0 Å². The molecule has 0 aromatic heterocycles. The molecule has 0 radical (unpaired) electrons. The molecule has 0 heterocycles. The predicted octanol–water partition coefficient (Wildman–Crippen LogP) is -0.0881. The van der Waals surface area contributed by atoms with Crippen molar-refractivity contribution in [3.05, 3.63) is 0 Å². The first-order chi connectivity index (χ1) is 4.86.